The predicted molar refractivity (Wildman–Crippen MR) is 188 cm³/mol. The highest BCUT2D eigenvalue weighted by atomic mass is 16.6. The molecule has 0 spiro atoms. The van der Waals surface area contributed by atoms with E-state index in [0.717, 1.165) is 47.9 Å². The van der Waals surface area contributed by atoms with E-state index in [1.165, 1.54) is 0 Å². The number of hydrogen-bond donors (Lipinski definition) is 2. The maximum atomic E-state index is 13.9. The van der Waals surface area contributed by atoms with Gasteiger partial charge in [0.1, 0.15) is 12.2 Å². The van der Waals surface area contributed by atoms with Crippen LogP contribution in [0.2, 0.25) is 0 Å². The number of benzene rings is 3. The summed E-state index contributed by atoms with van der Waals surface area (Å²) in [5.41, 5.74) is 18.1. The van der Waals surface area contributed by atoms with E-state index in [1.807, 2.05) is 36.4 Å². The monoisotopic (exact) mass is 634 g/mol. The minimum Gasteiger partial charge on any atom is -0.454 e. The number of esters is 2. The van der Waals surface area contributed by atoms with Crippen molar-refractivity contribution in [2.24, 2.45) is 28.7 Å². The first kappa shape index (κ1) is 34.3. The Labute approximate surface area is 280 Å². The Morgan fingerprint density at radius 2 is 1.36 bits per heavy atom. The topological polar surface area (TPSA) is 105 Å². The van der Waals surface area contributed by atoms with Crippen molar-refractivity contribution in [3.05, 3.63) is 130 Å². The lowest BCUT2D eigenvalue weighted by atomic mass is 9.52. The van der Waals surface area contributed by atoms with E-state index in [4.69, 9.17) is 20.9 Å². The van der Waals surface area contributed by atoms with Crippen LogP contribution in [0.5, 0.6) is 0 Å². The Balaban J connectivity index is 1.70. The first-order valence-electron chi connectivity index (χ1n) is 17.1. The normalized spacial score (nSPS) is 26.4. The molecule has 47 heavy (non-hydrogen) atoms. The summed E-state index contributed by atoms with van der Waals surface area (Å²) < 4.78 is 13.0. The van der Waals surface area contributed by atoms with Gasteiger partial charge in [-0.25, -0.2) is 9.59 Å². The van der Waals surface area contributed by atoms with Crippen LogP contribution in [0.1, 0.15) is 103 Å². The van der Waals surface area contributed by atoms with Crippen molar-refractivity contribution >= 4 is 11.9 Å². The molecule has 8 unspecified atom stereocenters. The molecule has 6 heteroatoms. The molecule has 3 aromatic rings. The summed E-state index contributed by atoms with van der Waals surface area (Å²) >= 11 is 0. The number of aryl methyl sites for hydroxylation is 1. The fraction of sp³-hybridized carbons (Fsp3) is 0.415. The Morgan fingerprint density at radius 1 is 0.809 bits per heavy atom. The average molecular weight is 635 g/mol. The first-order chi connectivity index (χ1) is 22.6. The molecule has 248 valence electrons. The van der Waals surface area contributed by atoms with Crippen LogP contribution in [0.15, 0.2) is 103 Å². The van der Waals surface area contributed by atoms with E-state index < -0.39 is 29.6 Å². The Hall–Kier alpha value is -4.00. The standard InChI is InChI=1S/C41H50N2O4/c1-6-14-34(42)30-21-20-26(3)32(24-30)36-33-25-31(35(43)15-7-2)22-23-41(33,5)27(4)37(46-39(44)28-16-10-8-11-17-28)38(36)47-40(45)29-18-12-9-13-19-29/h8-13,16-25,27,33-38H,6-7,14-15,42-43H2,1-5H3. The van der Waals surface area contributed by atoms with Crippen molar-refractivity contribution in [3.8, 4) is 0 Å². The summed E-state index contributed by atoms with van der Waals surface area (Å²) in [6, 6.07) is 24.2. The van der Waals surface area contributed by atoms with E-state index in [0.29, 0.717) is 11.1 Å². The highest BCUT2D eigenvalue weighted by Crippen LogP contribution is 2.57. The summed E-state index contributed by atoms with van der Waals surface area (Å²) in [6.07, 6.45) is 8.84. The molecule has 0 aliphatic heterocycles. The minimum atomic E-state index is -0.786. The molecule has 5 rings (SSSR count). The number of rotatable bonds is 11. The number of ether oxygens (including phenoxy) is 2. The molecule has 6 nitrogen and oxygen atoms in total. The number of hydrogen-bond acceptors (Lipinski definition) is 6. The van der Waals surface area contributed by atoms with Crippen molar-refractivity contribution in [2.45, 2.75) is 90.5 Å². The zero-order valence-corrected chi connectivity index (χ0v) is 28.4. The maximum absolute atomic E-state index is 13.9. The highest BCUT2D eigenvalue weighted by molar-refractivity contribution is 5.90. The third kappa shape index (κ3) is 7.14. The van der Waals surface area contributed by atoms with Crippen molar-refractivity contribution in [1.29, 1.82) is 0 Å². The molecular formula is C41H50N2O4. The van der Waals surface area contributed by atoms with Gasteiger partial charge in [0.2, 0.25) is 0 Å². The lowest BCUT2D eigenvalue weighted by Gasteiger charge is -2.55. The first-order valence-corrected chi connectivity index (χ1v) is 17.1. The van der Waals surface area contributed by atoms with E-state index in [2.05, 4.69) is 71.0 Å². The van der Waals surface area contributed by atoms with E-state index in [9.17, 15) is 9.59 Å². The van der Waals surface area contributed by atoms with Crippen molar-refractivity contribution in [2.75, 3.05) is 0 Å². The lowest BCUT2D eigenvalue weighted by molar-refractivity contribution is -0.121. The number of carbonyl (C=O) groups excluding carboxylic acids is 2. The molecule has 0 heterocycles. The molecule has 1 fully saturated rings. The van der Waals surface area contributed by atoms with Crippen molar-refractivity contribution < 1.29 is 19.1 Å². The van der Waals surface area contributed by atoms with Gasteiger partial charge >= 0.3 is 11.9 Å². The van der Waals surface area contributed by atoms with Gasteiger partial charge in [-0.15, -0.1) is 0 Å². The van der Waals surface area contributed by atoms with Crippen LogP contribution in [-0.4, -0.2) is 30.2 Å². The Morgan fingerprint density at radius 3 is 1.94 bits per heavy atom. The van der Waals surface area contributed by atoms with Gasteiger partial charge in [0, 0.05) is 23.9 Å². The number of fused-ring (bicyclic) bond motifs is 1. The summed E-state index contributed by atoms with van der Waals surface area (Å²) in [5.74, 6) is -1.54. The summed E-state index contributed by atoms with van der Waals surface area (Å²) in [4.78, 5) is 27.6. The van der Waals surface area contributed by atoms with Gasteiger partial charge in [0.15, 0.2) is 0 Å². The molecule has 1 saturated carbocycles. The van der Waals surface area contributed by atoms with Gasteiger partial charge < -0.3 is 20.9 Å². The number of allylic oxidation sites excluding steroid dienone is 2. The summed E-state index contributed by atoms with van der Waals surface area (Å²) in [6.45, 7) is 10.7. The molecule has 0 amide bonds. The molecule has 3 aromatic carbocycles. The van der Waals surface area contributed by atoms with Gasteiger partial charge in [-0.05, 0) is 77.6 Å². The number of nitrogens with two attached hydrogens (primary N) is 2. The molecule has 0 aromatic heterocycles. The largest absolute Gasteiger partial charge is 0.454 e. The predicted octanol–water partition coefficient (Wildman–Crippen LogP) is 8.23. The van der Waals surface area contributed by atoms with Crippen LogP contribution < -0.4 is 11.5 Å². The van der Waals surface area contributed by atoms with Gasteiger partial charge in [-0.3, -0.25) is 0 Å². The highest BCUT2D eigenvalue weighted by Gasteiger charge is 2.58. The van der Waals surface area contributed by atoms with Crippen molar-refractivity contribution in [3.63, 3.8) is 0 Å². The smallest absolute Gasteiger partial charge is 0.338 e. The average Bonchev–Trinajstić information content (AvgIpc) is 3.08. The molecular weight excluding hydrogens is 584 g/mol. The van der Waals surface area contributed by atoms with E-state index >= 15 is 0 Å². The van der Waals surface area contributed by atoms with Gasteiger partial charge in [0.05, 0.1) is 11.1 Å². The van der Waals surface area contributed by atoms with Gasteiger partial charge in [-0.2, -0.15) is 0 Å². The second-order valence-corrected chi connectivity index (χ2v) is 13.6. The van der Waals surface area contributed by atoms with Crippen LogP contribution in [-0.2, 0) is 9.47 Å². The van der Waals surface area contributed by atoms with E-state index in [1.54, 1.807) is 24.3 Å². The zero-order valence-electron chi connectivity index (χ0n) is 28.4. The third-order valence-corrected chi connectivity index (χ3v) is 10.5. The minimum absolute atomic E-state index is 0.1000. The molecule has 4 N–H and O–H groups in total. The third-order valence-electron chi connectivity index (χ3n) is 10.5. The maximum Gasteiger partial charge on any atom is 0.338 e. The van der Waals surface area contributed by atoms with Crippen LogP contribution in [0, 0.1) is 24.2 Å². The number of carbonyl (C=O) groups is 2. The van der Waals surface area contributed by atoms with Crippen LogP contribution in [0.3, 0.4) is 0 Å². The Bertz CT molecular complexity index is 1600. The van der Waals surface area contributed by atoms with Crippen LogP contribution in [0.4, 0.5) is 0 Å². The molecule has 2 aliphatic rings. The van der Waals surface area contributed by atoms with Crippen molar-refractivity contribution in [1.82, 2.24) is 0 Å². The molecule has 0 radical (unpaired) electrons. The van der Waals surface area contributed by atoms with Gasteiger partial charge in [0.25, 0.3) is 0 Å². The molecule has 0 saturated heterocycles. The quantitative estimate of drug-likeness (QED) is 0.206. The van der Waals surface area contributed by atoms with Crippen LogP contribution in [0.25, 0.3) is 0 Å². The second kappa shape index (κ2) is 14.8. The fourth-order valence-electron chi connectivity index (χ4n) is 7.49. The molecule has 8 atom stereocenters. The summed E-state index contributed by atoms with van der Waals surface area (Å²) in [5, 5.41) is 0. The SMILES string of the molecule is CCCC(N)C1=CC2C(c3cc(C(N)CCC)ccc3C)C(OC(=O)c3ccccc3)C(OC(=O)c3ccccc3)C(C)C2(C)C=C1. The summed E-state index contributed by atoms with van der Waals surface area (Å²) in [7, 11) is 0. The Kier molecular flexibility index (Phi) is 10.8. The van der Waals surface area contributed by atoms with Gasteiger partial charge in [-0.1, -0.05) is 113 Å². The second-order valence-electron chi connectivity index (χ2n) is 13.6. The zero-order chi connectivity index (χ0) is 33.7. The lowest BCUT2D eigenvalue weighted by Crippen LogP contribution is -2.58. The van der Waals surface area contributed by atoms with Crippen LogP contribution >= 0.6 is 0 Å². The van der Waals surface area contributed by atoms with E-state index in [-0.39, 0.29) is 29.8 Å². The fourth-order valence-corrected chi connectivity index (χ4v) is 7.49. The molecule has 2 aliphatic carbocycles. The molecule has 0 bridgehead atoms.